The van der Waals surface area contributed by atoms with Gasteiger partial charge in [-0.05, 0) is 17.2 Å². The van der Waals surface area contributed by atoms with Gasteiger partial charge in [-0.1, -0.05) is 42.5 Å². The van der Waals surface area contributed by atoms with Crippen molar-refractivity contribution < 1.29 is 8.42 Å². The summed E-state index contributed by atoms with van der Waals surface area (Å²) < 4.78 is 25.3. The van der Waals surface area contributed by atoms with Crippen LogP contribution in [0.2, 0.25) is 0 Å². The summed E-state index contributed by atoms with van der Waals surface area (Å²) in [6.07, 6.45) is 5.38. The Morgan fingerprint density at radius 3 is 2.41 bits per heavy atom. The number of hydrogen-bond acceptors (Lipinski definition) is 3. The van der Waals surface area contributed by atoms with E-state index in [1.165, 1.54) is 6.07 Å². The summed E-state index contributed by atoms with van der Waals surface area (Å²) in [5.41, 5.74) is 2.54. The molecule has 0 spiro atoms. The Morgan fingerprint density at radius 2 is 1.77 bits per heavy atom. The first kappa shape index (κ1) is 14.5. The van der Waals surface area contributed by atoms with Crippen LogP contribution in [0.15, 0.2) is 72.1 Å². The van der Waals surface area contributed by atoms with Gasteiger partial charge in [0.1, 0.15) is 0 Å². The number of sulfonamides is 1. The first-order valence-electron chi connectivity index (χ1n) is 6.71. The van der Waals surface area contributed by atoms with Crippen LogP contribution < -0.4 is 5.14 Å². The molecule has 5 nitrogen and oxygen atoms in total. The SMILES string of the molecule is NS(=O)(=O)c1ccccc1-c1ccc(Cn2ccnc2)cc1. The van der Waals surface area contributed by atoms with Crippen LogP contribution in [0.25, 0.3) is 11.1 Å². The number of primary sulfonamides is 1. The molecule has 6 heteroatoms. The normalized spacial score (nSPS) is 11.5. The number of rotatable bonds is 4. The Morgan fingerprint density at radius 1 is 1.05 bits per heavy atom. The summed E-state index contributed by atoms with van der Waals surface area (Å²) >= 11 is 0. The molecule has 2 aromatic carbocycles. The van der Waals surface area contributed by atoms with E-state index in [0.29, 0.717) is 5.56 Å². The highest BCUT2D eigenvalue weighted by Crippen LogP contribution is 2.26. The van der Waals surface area contributed by atoms with Gasteiger partial charge in [0, 0.05) is 24.5 Å². The Bertz CT molecular complexity index is 870. The van der Waals surface area contributed by atoms with Crippen molar-refractivity contribution in [2.24, 2.45) is 5.14 Å². The third kappa shape index (κ3) is 3.08. The smallest absolute Gasteiger partial charge is 0.238 e. The summed E-state index contributed by atoms with van der Waals surface area (Å²) in [6, 6.07) is 14.5. The van der Waals surface area contributed by atoms with Crippen molar-refractivity contribution in [3.63, 3.8) is 0 Å². The van der Waals surface area contributed by atoms with Crippen molar-refractivity contribution in [2.45, 2.75) is 11.4 Å². The molecule has 112 valence electrons. The fourth-order valence-electron chi connectivity index (χ4n) is 2.33. The second-order valence-electron chi connectivity index (χ2n) is 4.97. The summed E-state index contributed by atoms with van der Waals surface area (Å²) in [4.78, 5) is 4.14. The molecule has 2 N–H and O–H groups in total. The lowest BCUT2D eigenvalue weighted by atomic mass is 10.0. The molecule has 0 unspecified atom stereocenters. The molecule has 0 saturated heterocycles. The standard InChI is InChI=1S/C16H15N3O2S/c17-22(20,21)16-4-2-1-3-15(16)14-7-5-13(6-8-14)11-19-10-9-18-12-19/h1-10,12H,11H2,(H2,17,20,21). The molecule has 0 radical (unpaired) electrons. The van der Waals surface area contributed by atoms with Gasteiger partial charge in [-0.25, -0.2) is 18.5 Å². The molecule has 0 aliphatic rings. The van der Waals surface area contributed by atoms with Gasteiger partial charge < -0.3 is 4.57 Å². The van der Waals surface area contributed by atoms with E-state index in [9.17, 15) is 8.42 Å². The molecule has 3 rings (SSSR count). The van der Waals surface area contributed by atoms with Crippen molar-refractivity contribution in [3.05, 3.63) is 72.8 Å². The zero-order valence-electron chi connectivity index (χ0n) is 11.8. The maximum Gasteiger partial charge on any atom is 0.238 e. The first-order chi connectivity index (χ1) is 10.5. The first-order valence-corrected chi connectivity index (χ1v) is 8.25. The molecular weight excluding hydrogens is 298 g/mol. The number of benzene rings is 2. The van der Waals surface area contributed by atoms with E-state index in [2.05, 4.69) is 4.98 Å². The fraction of sp³-hybridized carbons (Fsp3) is 0.0625. The monoisotopic (exact) mass is 313 g/mol. The van der Waals surface area contributed by atoms with Crippen LogP contribution in [-0.2, 0) is 16.6 Å². The average Bonchev–Trinajstić information content (AvgIpc) is 3.00. The quantitative estimate of drug-likeness (QED) is 0.802. The molecule has 0 atom stereocenters. The van der Waals surface area contributed by atoms with Crippen LogP contribution in [0, 0.1) is 0 Å². The molecule has 0 aliphatic carbocycles. The Balaban J connectivity index is 1.94. The highest BCUT2D eigenvalue weighted by Gasteiger charge is 2.14. The molecule has 1 heterocycles. The van der Waals surface area contributed by atoms with Gasteiger partial charge in [-0.2, -0.15) is 0 Å². The van der Waals surface area contributed by atoms with Gasteiger partial charge in [-0.15, -0.1) is 0 Å². The molecule has 22 heavy (non-hydrogen) atoms. The van der Waals surface area contributed by atoms with E-state index in [1.54, 1.807) is 30.7 Å². The minimum absolute atomic E-state index is 0.136. The van der Waals surface area contributed by atoms with Crippen LogP contribution in [0.5, 0.6) is 0 Å². The van der Waals surface area contributed by atoms with Crippen molar-refractivity contribution in [2.75, 3.05) is 0 Å². The summed E-state index contributed by atoms with van der Waals surface area (Å²) in [6.45, 7) is 0.719. The Labute approximate surface area is 129 Å². The van der Waals surface area contributed by atoms with Gasteiger partial charge in [0.25, 0.3) is 0 Å². The molecule has 0 aliphatic heterocycles. The third-order valence-corrected chi connectivity index (χ3v) is 4.35. The number of imidazole rings is 1. The van der Waals surface area contributed by atoms with Crippen LogP contribution in [0.4, 0.5) is 0 Å². The van der Waals surface area contributed by atoms with E-state index in [0.717, 1.165) is 17.7 Å². The second kappa shape index (κ2) is 5.75. The number of aromatic nitrogens is 2. The summed E-state index contributed by atoms with van der Waals surface area (Å²) in [7, 11) is -3.75. The van der Waals surface area contributed by atoms with Gasteiger partial charge in [0.05, 0.1) is 11.2 Å². The second-order valence-corrected chi connectivity index (χ2v) is 6.50. The molecule has 0 bridgehead atoms. The van der Waals surface area contributed by atoms with Gasteiger partial charge in [-0.3, -0.25) is 0 Å². The van der Waals surface area contributed by atoms with Crippen LogP contribution >= 0.6 is 0 Å². The van der Waals surface area contributed by atoms with Crippen LogP contribution in [0.3, 0.4) is 0 Å². The zero-order valence-corrected chi connectivity index (χ0v) is 12.6. The van der Waals surface area contributed by atoms with E-state index >= 15 is 0 Å². The molecule has 0 amide bonds. The Kier molecular flexibility index (Phi) is 3.79. The van der Waals surface area contributed by atoms with Crippen molar-refractivity contribution >= 4 is 10.0 Å². The molecule has 0 saturated carbocycles. The van der Waals surface area contributed by atoms with Gasteiger partial charge >= 0.3 is 0 Å². The molecule has 0 fully saturated rings. The van der Waals surface area contributed by atoms with Crippen molar-refractivity contribution in [1.82, 2.24) is 9.55 Å². The number of nitrogens with zero attached hydrogens (tertiary/aromatic N) is 2. The van der Waals surface area contributed by atoms with Crippen molar-refractivity contribution in [1.29, 1.82) is 0 Å². The number of hydrogen-bond donors (Lipinski definition) is 1. The molecule has 3 aromatic rings. The van der Waals surface area contributed by atoms with E-state index < -0.39 is 10.0 Å². The van der Waals surface area contributed by atoms with E-state index in [4.69, 9.17) is 5.14 Å². The average molecular weight is 313 g/mol. The third-order valence-electron chi connectivity index (χ3n) is 3.38. The largest absolute Gasteiger partial charge is 0.333 e. The van der Waals surface area contributed by atoms with Crippen LogP contribution in [-0.4, -0.2) is 18.0 Å². The Hall–Kier alpha value is -2.44. The maximum atomic E-state index is 11.7. The van der Waals surface area contributed by atoms with E-state index in [1.807, 2.05) is 35.0 Å². The topological polar surface area (TPSA) is 78.0 Å². The zero-order chi connectivity index (χ0) is 15.6. The van der Waals surface area contributed by atoms with E-state index in [-0.39, 0.29) is 4.90 Å². The summed E-state index contributed by atoms with van der Waals surface area (Å²) in [5.74, 6) is 0. The highest BCUT2D eigenvalue weighted by atomic mass is 32.2. The lowest BCUT2D eigenvalue weighted by molar-refractivity contribution is 0.598. The highest BCUT2D eigenvalue weighted by molar-refractivity contribution is 7.89. The molecule has 1 aromatic heterocycles. The minimum Gasteiger partial charge on any atom is -0.333 e. The fourth-order valence-corrected chi connectivity index (χ4v) is 3.09. The summed E-state index contributed by atoms with van der Waals surface area (Å²) in [5, 5.41) is 5.28. The maximum absolute atomic E-state index is 11.7. The van der Waals surface area contributed by atoms with Gasteiger partial charge in [0.2, 0.25) is 10.0 Å². The predicted octanol–water partition coefficient (Wildman–Crippen LogP) is 2.25. The predicted molar refractivity (Wildman–Crippen MR) is 84.6 cm³/mol. The van der Waals surface area contributed by atoms with Gasteiger partial charge in [0.15, 0.2) is 0 Å². The van der Waals surface area contributed by atoms with Crippen molar-refractivity contribution in [3.8, 4) is 11.1 Å². The number of nitrogens with two attached hydrogens (primary N) is 1. The molecular formula is C16H15N3O2S. The lowest BCUT2D eigenvalue weighted by Gasteiger charge is -2.09. The van der Waals surface area contributed by atoms with Crippen LogP contribution in [0.1, 0.15) is 5.56 Å². The minimum atomic E-state index is -3.75. The lowest BCUT2D eigenvalue weighted by Crippen LogP contribution is -2.13.